The number of H-pyrrole nitrogens is 1. The van der Waals surface area contributed by atoms with Crippen LogP contribution in [-0.2, 0) is 10.2 Å². The Bertz CT molecular complexity index is 894. The summed E-state index contributed by atoms with van der Waals surface area (Å²) in [7, 11) is 0. The number of likely N-dealkylation sites (tertiary alicyclic amines) is 1. The highest BCUT2D eigenvalue weighted by Gasteiger charge is 2.44. The molecule has 1 aromatic carbocycles. The van der Waals surface area contributed by atoms with Crippen molar-refractivity contribution >= 4 is 11.9 Å². The minimum atomic E-state index is -0.993. The van der Waals surface area contributed by atoms with Crippen LogP contribution in [0.3, 0.4) is 0 Å². The van der Waals surface area contributed by atoms with Gasteiger partial charge in [0.1, 0.15) is 5.56 Å². The number of carbonyl (C=O) groups is 2. The molecular formula is C20H22N2O4. The van der Waals surface area contributed by atoms with Crippen molar-refractivity contribution in [1.82, 2.24) is 9.88 Å². The van der Waals surface area contributed by atoms with Gasteiger partial charge < -0.3 is 15.0 Å². The van der Waals surface area contributed by atoms with Crippen LogP contribution in [0.15, 0.2) is 41.2 Å². The summed E-state index contributed by atoms with van der Waals surface area (Å²) in [6.07, 6.45) is 0.641. The predicted octanol–water partition coefficient (Wildman–Crippen LogP) is 2.25. The number of piperidine rings is 1. The molecule has 0 radical (unpaired) electrons. The first-order valence-electron chi connectivity index (χ1n) is 8.64. The first-order valence-corrected chi connectivity index (χ1v) is 8.64. The Morgan fingerprint density at radius 3 is 2.27 bits per heavy atom. The molecule has 1 aliphatic rings. The summed E-state index contributed by atoms with van der Waals surface area (Å²) in [6.45, 7) is 4.11. The van der Waals surface area contributed by atoms with Gasteiger partial charge in [0.05, 0.1) is 5.41 Å². The van der Waals surface area contributed by atoms with Gasteiger partial charge in [-0.05, 0) is 43.9 Å². The van der Waals surface area contributed by atoms with Crippen molar-refractivity contribution in [3.63, 3.8) is 0 Å². The van der Waals surface area contributed by atoms with Gasteiger partial charge in [0.25, 0.3) is 11.5 Å². The highest BCUT2D eigenvalue weighted by Crippen LogP contribution is 2.36. The molecule has 0 aliphatic carbocycles. The van der Waals surface area contributed by atoms with Crippen LogP contribution in [-0.4, -0.2) is 40.0 Å². The number of aromatic amines is 1. The second-order valence-electron chi connectivity index (χ2n) is 6.88. The lowest BCUT2D eigenvalue weighted by Gasteiger charge is -2.39. The lowest BCUT2D eigenvalue weighted by Crippen LogP contribution is -2.49. The Hall–Kier alpha value is -2.89. The maximum absolute atomic E-state index is 12.8. The fourth-order valence-corrected chi connectivity index (χ4v) is 3.75. The minimum absolute atomic E-state index is 0.137. The molecule has 1 amide bonds. The van der Waals surface area contributed by atoms with Gasteiger partial charge in [-0.25, -0.2) is 0 Å². The van der Waals surface area contributed by atoms with E-state index >= 15 is 0 Å². The predicted molar refractivity (Wildman–Crippen MR) is 97.4 cm³/mol. The Morgan fingerprint density at radius 2 is 1.73 bits per heavy atom. The summed E-state index contributed by atoms with van der Waals surface area (Å²) in [5.74, 6) is -1.21. The number of nitrogens with one attached hydrogen (secondary N) is 1. The van der Waals surface area contributed by atoms with Gasteiger partial charge in [0.15, 0.2) is 0 Å². The molecule has 2 heterocycles. The molecule has 26 heavy (non-hydrogen) atoms. The molecule has 1 fully saturated rings. The highest BCUT2D eigenvalue weighted by atomic mass is 16.4. The average molecular weight is 354 g/mol. The quantitative estimate of drug-likeness (QED) is 0.884. The van der Waals surface area contributed by atoms with Crippen LogP contribution in [0.4, 0.5) is 0 Å². The minimum Gasteiger partial charge on any atom is -0.481 e. The lowest BCUT2D eigenvalue weighted by molar-refractivity contribution is -0.145. The SMILES string of the molecule is Cc1cc(C)c(C(=O)N2CCC(C(=O)O)(c3ccccc3)CC2)c(=O)[nH]1. The third-order valence-corrected chi connectivity index (χ3v) is 5.22. The van der Waals surface area contributed by atoms with E-state index in [2.05, 4.69) is 4.98 Å². The molecule has 0 bridgehead atoms. The largest absolute Gasteiger partial charge is 0.481 e. The number of aryl methyl sites for hydroxylation is 2. The molecule has 1 saturated heterocycles. The molecule has 6 heteroatoms. The van der Waals surface area contributed by atoms with Crippen LogP contribution in [0, 0.1) is 13.8 Å². The van der Waals surface area contributed by atoms with Gasteiger partial charge in [-0.1, -0.05) is 30.3 Å². The third kappa shape index (κ3) is 3.03. The molecule has 6 nitrogen and oxygen atoms in total. The van der Waals surface area contributed by atoms with Gasteiger partial charge in [0, 0.05) is 18.8 Å². The molecule has 136 valence electrons. The van der Waals surface area contributed by atoms with Crippen molar-refractivity contribution in [3.05, 3.63) is 69.1 Å². The van der Waals surface area contributed by atoms with E-state index in [1.54, 1.807) is 24.8 Å². The number of aromatic nitrogens is 1. The van der Waals surface area contributed by atoms with Crippen LogP contribution in [0.1, 0.15) is 40.0 Å². The second kappa shape index (κ2) is 6.78. The van der Waals surface area contributed by atoms with E-state index < -0.39 is 16.9 Å². The van der Waals surface area contributed by atoms with E-state index in [0.29, 0.717) is 37.2 Å². The van der Waals surface area contributed by atoms with Gasteiger partial charge >= 0.3 is 5.97 Å². The van der Waals surface area contributed by atoms with Gasteiger partial charge in [-0.15, -0.1) is 0 Å². The molecule has 0 spiro atoms. The monoisotopic (exact) mass is 354 g/mol. The van der Waals surface area contributed by atoms with Crippen molar-refractivity contribution in [1.29, 1.82) is 0 Å². The first kappa shape index (κ1) is 17.9. The van der Waals surface area contributed by atoms with Crippen molar-refractivity contribution < 1.29 is 14.7 Å². The standard InChI is InChI=1S/C20H22N2O4/c1-13-12-14(2)21-17(23)16(13)18(24)22-10-8-20(9-11-22,19(25)26)15-6-4-3-5-7-15/h3-7,12H,8-11H2,1-2H3,(H,21,23)(H,25,26). The zero-order chi connectivity index (χ0) is 18.9. The third-order valence-electron chi connectivity index (χ3n) is 5.22. The van der Waals surface area contributed by atoms with Crippen LogP contribution in [0.2, 0.25) is 0 Å². The zero-order valence-electron chi connectivity index (χ0n) is 14.9. The summed E-state index contributed by atoms with van der Waals surface area (Å²) in [5, 5.41) is 9.84. The normalized spacial score (nSPS) is 16.3. The number of carboxylic acid groups (broad SMARTS) is 1. The number of carboxylic acids is 1. The Morgan fingerprint density at radius 1 is 1.12 bits per heavy atom. The van der Waals surface area contributed by atoms with E-state index in [1.165, 1.54) is 0 Å². The van der Waals surface area contributed by atoms with Crippen LogP contribution >= 0.6 is 0 Å². The van der Waals surface area contributed by atoms with E-state index in [-0.39, 0.29) is 11.5 Å². The second-order valence-corrected chi connectivity index (χ2v) is 6.88. The summed E-state index contributed by atoms with van der Waals surface area (Å²) in [5.41, 5.74) is 0.839. The van der Waals surface area contributed by atoms with Gasteiger partial charge in [0.2, 0.25) is 0 Å². The van der Waals surface area contributed by atoms with E-state index in [1.807, 2.05) is 30.3 Å². The number of rotatable bonds is 3. The van der Waals surface area contributed by atoms with Crippen molar-refractivity contribution in [3.8, 4) is 0 Å². The molecule has 2 N–H and O–H groups in total. The number of hydrogen-bond acceptors (Lipinski definition) is 3. The topological polar surface area (TPSA) is 90.5 Å². The van der Waals surface area contributed by atoms with E-state index in [0.717, 1.165) is 5.56 Å². The van der Waals surface area contributed by atoms with Gasteiger partial charge in [-0.2, -0.15) is 0 Å². The Kier molecular flexibility index (Phi) is 4.68. The highest BCUT2D eigenvalue weighted by molar-refractivity contribution is 5.95. The molecule has 0 atom stereocenters. The summed E-state index contributed by atoms with van der Waals surface area (Å²) in [4.78, 5) is 41.3. The Balaban J connectivity index is 1.85. The van der Waals surface area contributed by atoms with Crippen molar-refractivity contribution in [2.75, 3.05) is 13.1 Å². The van der Waals surface area contributed by atoms with Crippen molar-refractivity contribution in [2.24, 2.45) is 0 Å². The van der Waals surface area contributed by atoms with Crippen LogP contribution in [0.25, 0.3) is 0 Å². The van der Waals surface area contributed by atoms with E-state index in [4.69, 9.17) is 0 Å². The molecule has 3 rings (SSSR count). The molecule has 1 aliphatic heterocycles. The smallest absolute Gasteiger partial charge is 0.314 e. The van der Waals surface area contributed by atoms with Gasteiger partial charge in [-0.3, -0.25) is 14.4 Å². The molecule has 0 saturated carbocycles. The number of nitrogens with zero attached hydrogens (tertiary/aromatic N) is 1. The summed E-state index contributed by atoms with van der Waals surface area (Å²) < 4.78 is 0. The number of pyridine rings is 1. The van der Waals surface area contributed by atoms with E-state index in [9.17, 15) is 19.5 Å². The Labute approximate surface area is 151 Å². The molecule has 2 aromatic rings. The number of carbonyl (C=O) groups excluding carboxylic acids is 1. The fraction of sp³-hybridized carbons (Fsp3) is 0.350. The van der Waals surface area contributed by atoms with Crippen molar-refractivity contribution in [2.45, 2.75) is 32.1 Å². The molecule has 0 unspecified atom stereocenters. The fourth-order valence-electron chi connectivity index (χ4n) is 3.75. The molecule has 1 aromatic heterocycles. The van der Waals surface area contributed by atoms with Crippen LogP contribution in [0.5, 0.6) is 0 Å². The number of benzene rings is 1. The molecular weight excluding hydrogens is 332 g/mol. The first-order chi connectivity index (χ1) is 12.3. The summed E-state index contributed by atoms with van der Waals surface area (Å²) in [6, 6.07) is 10.9. The maximum Gasteiger partial charge on any atom is 0.314 e. The zero-order valence-corrected chi connectivity index (χ0v) is 14.9. The maximum atomic E-state index is 12.8. The number of amides is 1. The number of hydrogen-bond donors (Lipinski definition) is 2. The van der Waals surface area contributed by atoms with Crippen LogP contribution < -0.4 is 5.56 Å². The lowest BCUT2D eigenvalue weighted by atomic mass is 9.72. The number of aliphatic carboxylic acids is 1. The average Bonchev–Trinajstić information content (AvgIpc) is 2.61. The summed E-state index contributed by atoms with van der Waals surface area (Å²) >= 11 is 0.